The summed E-state index contributed by atoms with van der Waals surface area (Å²) in [5.41, 5.74) is 0.275. The Bertz CT molecular complexity index is 540. The second-order valence-electron chi connectivity index (χ2n) is 4.64. The minimum atomic E-state index is -0.603. The molecule has 1 aromatic rings. The maximum atomic E-state index is 12.7. The predicted octanol–water partition coefficient (Wildman–Crippen LogP) is 0.823. The van der Waals surface area contributed by atoms with Gasteiger partial charge in [-0.25, -0.2) is 19.8 Å². The fourth-order valence-electron chi connectivity index (χ4n) is 2.31. The van der Waals surface area contributed by atoms with E-state index in [1.807, 2.05) is 6.26 Å². The molecule has 2 rings (SSSR count). The highest BCUT2D eigenvalue weighted by atomic mass is 32.2. The Labute approximate surface area is 127 Å². The van der Waals surface area contributed by atoms with Gasteiger partial charge in [-0.15, -0.1) is 0 Å². The molecule has 0 N–H and O–H groups in total. The third-order valence-corrected chi connectivity index (χ3v) is 3.90. The fraction of sp³-hybridized carbons (Fsp3) is 0.538. The van der Waals surface area contributed by atoms with Gasteiger partial charge in [0.15, 0.2) is 5.16 Å². The molecule has 0 unspecified atom stereocenters. The zero-order valence-corrected chi connectivity index (χ0v) is 13.1. The molecular formula is C13H18N4O3S. The molecule has 0 spiro atoms. The largest absolute Gasteiger partial charge is 0.467 e. The van der Waals surface area contributed by atoms with Gasteiger partial charge in [-0.1, -0.05) is 11.8 Å². The highest BCUT2D eigenvalue weighted by Crippen LogP contribution is 2.21. The summed E-state index contributed by atoms with van der Waals surface area (Å²) in [4.78, 5) is 32.8. The van der Waals surface area contributed by atoms with E-state index in [0.29, 0.717) is 18.1 Å². The summed E-state index contributed by atoms with van der Waals surface area (Å²) in [6, 6.07) is 0.952. The second kappa shape index (κ2) is 6.86. The Morgan fingerprint density at radius 3 is 2.90 bits per heavy atom. The molecule has 7 nitrogen and oxygen atoms in total. The smallest absolute Gasteiger partial charge is 0.330 e. The van der Waals surface area contributed by atoms with Gasteiger partial charge in [0.1, 0.15) is 11.7 Å². The highest BCUT2D eigenvalue weighted by molar-refractivity contribution is 7.98. The Kier molecular flexibility index (Phi) is 5.13. The standard InChI is InChI=1S/C13H18N4O3S/c1-16-8-4-5-10(12(19)20-2)17(16)11(18)9-6-7-14-13(15-9)21-3/h6-7,10H,4-5,8H2,1-3H3/t10-/m0/s1. The van der Waals surface area contributed by atoms with Crippen molar-refractivity contribution in [3.05, 3.63) is 18.0 Å². The highest BCUT2D eigenvalue weighted by Gasteiger charge is 2.37. The number of carbonyl (C=O) groups excluding carboxylic acids is 2. The topological polar surface area (TPSA) is 75.6 Å². The first kappa shape index (κ1) is 15.7. The summed E-state index contributed by atoms with van der Waals surface area (Å²) in [5.74, 6) is -0.723. The number of aromatic nitrogens is 2. The first-order chi connectivity index (χ1) is 10.1. The molecule has 114 valence electrons. The second-order valence-corrected chi connectivity index (χ2v) is 5.41. The predicted molar refractivity (Wildman–Crippen MR) is 77.7 cm³/mol. The van der Waals surface area contributed by atoms with Gasteiger partial charge < -0.3 is 4.74 Å². The molecule has 0 aliphatic carbocycles. The summed E-state index contributed by atoms with van der Waals surface area (Å²) in [6.07, 6.45) is 4.81. The number of ether oxygens (including phenoxy) is 1. The number of hydrogen-bond acceptors (Lipinski definition) is 7. The van der Waals surface area contributed by atoms with Gasteiger partial charge in [-0.05, 0) is 25.2 Å². The minimum absolute atomic E-state index is 0.275. The van der Waals surface area contributed by atoms with Crippen molar-refractivity contribution in [2.75, 3.05) is 27.0 Å². The Morgan fingerprint density at radius 1 is 1.48 bits per heavy atom. The van der Waals surface area contributed by atoms with Gasteiger partial charge in [0.05, 0.1) is 7.11 Å². The van der Waals surface area contributed by atoms with E-state index < -0.39 is 12.0 Å². The number of hydrogen-bond donors (Lipinski definition) is 0. The van der Waals surface area contributed by atoms with Crippen LogP contribution < -0.4 is 0 Å². The number of rotatable bonds is 3. The van der Waals surface area contributed by atoms with E-state index in [-0.39, 0.29) is 11.6 Å². The SMILES string of the molecule is COC(=O)[C@@H]1CCCN(C)N1C(=O)c1ccnc(SC)n1. The molecule has 1 saturated heterocycles. The van der Waals surface area contributed by atoms with Crippen LogP contribution >= 0.6 is 11.8 Å². The van der Waals surface area contributed by atoms with Crippen molar-refractivity contribution in [3.63, 3.8) is 0 Å². The summed E-state index contributed by atoms with van der Waals surface area (Å²) in [7, 11) is 3.11. The quantitative estimate of drug-likeness (QED) is 0.465. The van der Waals surface area contributed by atoms with Crippen LogP contribution in [0.3, 0.4) is 0 Å². The first-order valence-corrected chi connectivity index (χ1v) is 7.80. The van der Waals surface area contributed by atoms with Crippen molar-refractivity contribution in [2.24, 2.45) is 0 Å². The first-order valence-electron chi connectivity index (χ1n) is 6.58. The van der Waals surface area contributed by atoms with Crippen LogP contribution in [0.15, 0.2) is 17.4 Å². The molecule has 8 heteroatoms. The molecule has 0 bridgehead atoms. The van der Waals surface area contributed by atoms with E-state index in [1.165, 1.54) is 23.9 Å². The van der Waals surface area contributed by atoms with Crippen LogP contribution in [0, 0.1) is 0 Å². The van der Waals surface area contributed by atoms with Gasteiger partial charge >= 0.3 is 5.97 Å². The maximum Gasteiger partial charge on any atom is 0.330 e. The number of hydrazine groups is 1. The Balaban J connectivity index is 2.30. The summed E-state index contributed by atoms with van der Waals surface area (Å²) < 4.78 is 4.80. The van der Waals surface area contributed by atoms with Gasteiger partial charge in [-0.2, -0.15) is 0 Å². The van der Waals surface area contributed by atoms with E-state index in [4.69, 9.17) is 4.74 Å². The van der Waals surface area contributed by atoms with Crippen LogP contribution in [0.25, 0.3) is 0 Å². The van der Waals surface area contributed by atoms with Gasteiger partial charge in [-0.3, -0.25) is 9.80 Å². The van der Waals surface area contributed by atoms with Crippen molar-refractivity contribution in [1.82, 2.24) is 20.0 Å². The Hall–Kier alpha value is -1.67. The van der Waals surface area contributed by atoms with Crippen LogP contribution in [0.2, 0.25) is 0 Å². The van der Waals surface area contributed by atoms with E-state index in [0.717, 1.165) is 6.42 Å². The minimum Gasteiger partial charge on any atom is -0.467 e. The summed E-state index contributed by atoms with van der Waals surface area (Å²) in [6.45, 7) is 0.708. The summed E-state index contributed by atoms with van der Waals surface area (Å²) >= 11 is 1.36. The molecule has 1 aromatic heterocycles. The number of methoxy groups -OCH3 is 1. The molecule has 0 aromatic carbocycles. The van der Waals surface area contributed by atoms with Crippen molar-refractivity contribution in [2.45, 2.75) is 24.0 Å². The van der Waals surface area contributed by atoms with Crippen molar-refractivity contribution in [3.8, 4) is 0 Å². The molecule has 1 atom stereocenters. The third-order valence-electron chi connectivity index (χ3n) is 3.34. The van der Waals surface area contributed by atoms with Gasteiger partial charge in [0.25, 0.3) is 5.91 Å². The van der Waals surface area contributed by atoms with E-state index in [2.05, 4.69) is 9.97 Å². The zero-order valence-electron chi connectivity index (χ0n) is 12.3. The number of esters is 1. The van der Waals surface area contributed by atoms with Crippen LogP contribution in [-0.2, 0) is 9.53 Å². The molecule has 1 aliphatic rings. The van der Waals surface area contributed by atoms with Crippen molar-refractivity contribution < 1.29 is 14.3 Å². The molecule has 0 radical (unpaired) electrons. The molecule has 21 heavy (non-hydrogen) atoms. The number of carbonyl (C=O) groups is 2. The molecule has 2 heterocycles. The number of amides is 1. The summed E-state index contributed by atoms with van der Waals surface area (Å²) in [5, 5.41) is 3.70. The van der Waals surface area contributed by atoms with Gasteiger partial charge in [0, 0.05) is 19.8 Å². The zero-order chi connectivity index (χ0) is 15.4. The molecule has 1 fully saturated rings. The fourth-order valence-corrected chi connectivity index (χ4v) is 2.66. The van der Waals surface area contributed by atoms with Crippen molar-refractivity contribution in [1.29, 1.82) is 0 Å². The molecule has 1 aliphatic heterocycles. The number of thioether (sulfide) groups is 1. The van der Waals surface area contributed by atoms with E-state index >= 15 is 0 Å². The molecule has 0 saturated carbocycles. The van der Waals surface area contributed by atoms with Crippen molar-refractivity contribution >= 4 is 23.6 Å². The lowest BCUT2D eigenvalue weighted by Gasteiger charge is -2.40. The Morgan fingerprint density at radius 2 is 2.24 bits per heavy atom. The average Bonchev–Trinajstić information content (AvgIpc) is 2.53. The van der Waals surface area contributed by atoms with Crippen LogP contribution in [0.1, 0.15) is 23.3 Å². The van der Waals surface area contributed by atoms with Crippen LogP contribution in [-0.4, -0.2) is 64.9 Å². The van der Waals surface area contributed by atoms with Gasteiger partial charge in [0.2, 0.25) is 0 Å². The van der Waals surface area contributed by atoms with Crippen LogP contribution in [0.4, 0.5) is 0 Å². The number of nitrogens with zero attached hydrogens (tertiary/aromatic N) is 4. The van der Waals surface area contributed by atoms with E-state index in [1.54, 1.807) is 24.3 Å². The molecule has 1 amide bonds. The third kappa shape index (κ3) is 3.33. The van der Waals surface area contributed by atoms with Crippen LogP contribution in [0.5, 0.6) is 0 Å². The normalized spacial score (nSPS) is 19.4. The lowest BCUT2D eigenvalue weighted by Crippen LogP contribution is -2.57. The maximum absolute atomic E-state index is 12.7. The lowest BCUT2D eigenvalue weighted by atomic mass is 10.1. The molecular weight excluding hydrogens is 292 g/mol. The van der Waals surface area contributed by atoms with E-state index in [9.17, 15) is 9.59 Å². The lowest BCUT2D eigenvalue weighted by molar-refractivity contribution is -0.155. The average molecular weight is 310 g/mol. The monoisotopic (exact) mass is 310 g/mol.